The second-order valence-corrected chi connectivity index (χ2v) is 6.17. The molecule has 7 nitrogen and oxygen atoms in total. The summed E-state index contributed by atoms with van der Waals surface area (Å²) in [4.78, 5) is 18.7. The molecule has 2 aromatic carbocycles. The second kappa shape index (κ2) is 5.82. The molecule has 2 heterocycles. The van der Waals surface area contributed by atoms with E-state index in [-0.39, 0.29) is 23.0 Å². The number of rotatable bonds is 3. The van der Waals surface area contributed by atoms with Gasteiger partial charge in [0.1, 0.15) is 0 Å². The molecule has 26 heavy (non-hydrogen) atoms. The molecular formula is C18H12ClN3O4. The zero-order chi connectivity index (χ0) is 18.4. The first-order valence-electron chi connectivity index (χ1n) is 7.56. The molecule has 0 fully saturated rings. The average molecular weight is 370 g/mol. The molecule has 8 heteroatoms. The fraction of sp³-hybridized carbons (Fsp3) is 0. The SMILES string of the molecule is O=C(O)c1cc2c([nH]c3cc(O)c(O)cc32)c(Nc2cccc(Cl)c2)n1. The highest BCUT2D eigenvalue weighted by atomic mass is 35.5. The van der Waals surface area contributed by atoms with E-state index >= 15 is 0 Å². The number of nitrogens with one attached hydrogen (secondary N) is 2. The normalized spacial score (nSPS) is 11.1. The Hall–Kier alpha value is -3.45. The van der Waals surface area contributed by atoms with Crippen molar-refractivity contribution in [3.8, 4) is 11.5 Å². The summed E-state index contributed by atoms with van der Waals surface area (Å²) in [7, 11) is 0. The number of nitrogens with zero attached hydrogens (tertiary/aromatic N) is 1. The van der Waals surface area contributed by atoms with E-state index in [0.717, 1.165) is 0 Å². The number of aromatic amines is 1. The van der Waals surface area contributed by atoms with E-state index in [1.165, 1.54) is 18.2 Å². The number of fused-ring (bicyclic) bond motifs is 3. The molecule has 5 N–H and O–H groups in total. The minimum atomic E-state index is -1.18. The van der Waals surface area contributed by atoms with Gasteiger partial charge in [0.05, 0.1) is 11.0 Å². The van der Waals surface area contributed by atoms with Gasteiger partial charge in [-0.3, -0.25) is 0 Å². The molecule has 4 rings (SSSR count). The lowest BCUT2D eigenvalue weighted by atomic mass is 10.1. The van der Waals surface area contributed by atoms with E-state index in [2.05, 4.69) is 15.3 Å². The summed E-state index contributed by atoms with van der Waals surface area (Å²) in [5.41, 5.74) is 1.55. The lowest BCUT2D eigenvalue weighted by Crippen LogP contribution is -2.03. The molecule has 0 unspecified atom stereocenters. The predicted molar refractivity (Wildman–Crippen MR) is 98.6 cm³/mol. The first-order valence-corrected chi connectivity index (χ1v) is 7.94. The Labute approximate surface area is 151 Å². The van der Waals surface area contributed by atoms with Gasteiger partial charge in [0.15, 0.2) is 23.0 Å². The van der Waals surface area contributed by atoms with Gasteiger partial charge < -0.3 is 25.6 Å². The summed E-state index contributed by atoms with van der Waals surface area (Å²) in [6, 6.07) is 11.1. The molecule has 0 amide bonds. The van der Waals surface area contributed by atoms with Crippen molar-refractivity contribution >= 4 is 50.9 Å². The van der Waals surface area contributed by atoms with Crippen molar-refractivity contribution in [2.75, 3.05) is 5.32 Å². The molecule has 130 valence electrons. The first kappa shape index (κ1) is 16.0. The van der Waals surface area contributed by atoms with Crippen molar-refractivity contribution < 1.29 is 20.1 Å². The number of benzene rings is 2. The van der Waals surface area contributed by atoms with E-state index < -0.39 is 5.97 Å². The maximum Gasteiger partial charge on any atom is 0.354 e. The van der Waals surface area contributed by atoms with Crippen LogP contribution in [0.25, 0.3) is 21.8 Å². The number of aromatic hydroxyl groups is 2. The maximum absolute atomic E-state index is 11.5. The van der Waals surface area contributed by atoms with Gasteiger partial charge in [0, 0.05) is 27.5 Å². The van der Waals surface area contributed by atoms with Gasteiger partial charge in [-0.1, -0.05) is 17.7 Å². The highest BCUT2D eigenvalue weighted by Crippen LogP contribution is 2.37. The number of hydrogen-bond donors (Lipinski definition) is 5. The van der Waals surface area contributed by atoms with Crippen molar-refractivity contribution in [1.29, 1.82) is 0 Å². The standard InChI is InChI=1S/C18H12ClN3O4/c19-8-2-1-3-9(4-8)20-17-16-11(5-13(22-17)18(25)26)10-6-14(23)15(24)7-12(10)21-16/h1-7,21,23-24H,(H,20,22)(H,25,26). The van der Waals surface area contributed by atoms with Crippen LogP contribution in [0.4, 0.5) is 11.5 Å². The third-order valence-electron chi connectivity index (χ3n) is 3.99. The number of pyridine rings is 1. The minimum Gasteiger partial charge on any atom is -0.504 e. The van der Waals surface area contributed by atoms with Crippen LogP contribution in [0.5, 0.6) is 11.5 Å². The lowest BCUT2D eigenvalue weighted by molar-refractivity contribution is 0.0691. The summed E-state index contributed by atoms with van der Waals surface area (Å²) >= 11 is 5.99. The molecule has 0 spiro atoms. The summed E-state index contributed by atoms with van der Waals surface area (Å²) in [6.07, 6.45) is 0. The topological polar surface area (TPSA) is 118 Å². The molecular weight excluding hydrogens is 358 g/mol. The van der Waals surface area contributed by atoms with E-state index in [1.807, 2.05) is 0 Å². The number of H-pyrrole nitrogens is 1. The van der Waals surface area contributed by atoms with Gasteiger partial charge in [-0.05, 0) is 30.3 Å². The number of carboxylic acid groups (broad SMARTS) is 1. The number of carboxylic acids is 1. The molecule has 0 aliphatic heterocycles. The van der Waals surface area contributed by atoms with Gasteiger partial charge >= 0.3 is 5.97 Å². The maximum atomic E-state index is 11.5. The van der Waals surface area contributed by atoms with Crippen LogP contribution in [0.2, 0.25) is 5.02 Å². The van der Waals surface area contributed by atoms with Crippen LogP contribution in [-0.2, 0) is 0 Å². The van der Waals surface area contributed by atoms with Crippen LogP contribution in [-0.4, -0.2) is 31.3 Å². The fourth-order valence-corrected chi connectivity index (χ4v) is 3.02. The Morgan fingerprint density at radius 1 is 1.08 bits per heavy atom. The van der Waals surface area contributed by atoms with Crippen LogP contribution >= 0.6 is 11.6 Å². The highest BCUT2D eigenvalue weighted by Gasteiger charge is 2.17. The Balaban J connectivity index is 1.99. The average Bonchev–Trinajstić information content (AvgIpc) is 2.93. The summed E-state index contributed by atoms with van der Waals surface area (Å²) in [5.74, 6) is -1.47. The molecule has 2 aromatic heterocycles. The van der Waals surface area contributed by atoms with E-state index in [1.54, 1.807) is 24.3 Å². The molecule has 0 radical (unpaired) electrons. The number of phenols is 2. The zero-order valence-electron chi connectivity index (χ0n) is 13.1. The summed E-state index contributed by atoms with van der Waals surface area (Å²) in [6.45, 7) is 0. The summed E-state index contributed by atoms with van der Waals surface area (Å²) in [5, 5.41) is 33.6. The number of halogens is 1. The first-order chi connectivity index (χ1) is 12.4. The molecule has 0 bridgehead atoms. The third kappa shape index (κ3) is 2.64. The summed E-state index contributed by atoms with van der Waals surface area (Å²) < 4.78 is 0. The Morgan fingerprint density at radius 2 is 1.85 bits per heavy atom. The van der Waals surface area contributed by atoms with E-state index in [9.17, 15) is 20.1 Å². The van der Waals surface area contributed by atoms with Gasteiger partial charge in [-0.2, -0.15) is 0 Å². The largest absolute Gasteiger partial charge is 0.504 e. The smallest absolute Gasteiger partial charge is 0.354 e. The van der Waals surface area contributed by atoms with E-state index in [4.69, 9.17) is 11.6 Å². The second-order valence-electron chi connectivity index (χ2n) is 5.73. The van der Waals surface area contributed by atoms with Gasteiger partial charge in [-0.25, -0.2) is 9.78 Å². The molecule has 0 aliphatic carbocycles. The van der Waals surface area contributed by atoms with Crippen molar-refractivity contribution in [3.05, 3.63) is 53.2 Å². The third-order valence-corrected chi connectivity index (χ3v) is 4.23. The molecule has 0 aliphatic rings. The Kier molecular flexibility index (Phi) is 3.59. The fourth-order valence-electron chi connectivity index (χ4n) is 2.82. The number of phenolic OH excluding ortho intramolecular Hbond substituents is 2. The number of carbonyl (C=O) groups is 1. The van der Waals surface area contributed by atoms with Crippen molar-refractivity contribution in [3.63, 3.8) is 0 Å². The van der Waals surface area contributed by atoms with Gasteiger partial charge in [0.25, 0.3) is 0 Å². The number of aromatic nitrogens is 2. The van der Waals surface area contributed by atoms with Crippen LogP contribution in [0.1, 0.15) is 10.5 Å². The highest BCUT2D eigenvalue weighted by molar-refractivity contribution is 6.30. The van der Waals surface area contributed by atoms with E-state index in [0.29, 0.717) is 32.5 Å². The van der Waals surface area contributed by atoms with Crippen molar-refractivity contribution in [2.24, 2.45) is 0 Å². The Bertz CT molecular complexity index is 1190. The number of hydrogen-bond acceptors (Lipinski definition) is 5. The van der Waals surface area contributed by atoms with Crippen LogP contribution in [0, 0.1) is 0 Å². The predicted octanol–water partition coefficient (Wildman–Crippen LogP) is 4.22. The van der Waals surface area contributed by atoms with Crippen molar-refractivity contribution in [2.45, 2.75) is 0 Å². The van der Waals surface area contributed by atoms with Gasteiger partial charge in [-0.15, -0.1) is 0 Å². The van der Waals surface area contributed by atoms with Crippen LogP contribution in [0.3, 0.4) is 0 Å². The molecule has 0 atom stereocenters. The number of aromatic carboxylic acids is 1. The molecule has 0 saturated heterocycles. The number of anilines is 2. The molecule has 0 saturated carbocycles. The lowest BCUT2D eigenvalue weighted by Gasteiger charge is -2.08. The van der Waals surface area contributed by atoms with Crippen LogP contribution < -0.4 is 5.32 Å². The van der Waals surface area contributed by atoms with Gasteiger partial charge in [0.2, 0.25) is 0 Å². The molecule has 4 aromatic rings. The monoisotopic (exact) mass is 369 g/mol. The minimum absolute atomic E-state index is 0.157. The quantitative estimate of drug-likeness (QED) is 0.345. The zero-order valence-corrected chi connectivity index (χ0v) is 13.9. The van der Waals surface area contributed by atoms with Crippen LogP contribution in [0.15, 0.2) is 42.5 Å². The Morgan fingerprint density at radius 3 is 2.58 bits per heavy atom. The van der Waals surface area contributed by atoms with Crippen molar-refractivity contribution in [1.82, 2.24) is 9.97 Å².